The molecule has 3 aromatic rings. The third kappa shape index (κ3) is 4.14. The van der Waals surface area contributed by atoms with Crippen LogP contribution in [-0.4, -0.2) is 40.0 Å². The quantitative estimate of drug-likeness (QED) is 0.710. The standard InChI is InChI=1S/C22H21N3O2/c26-22(19-10-8-18(9-11-19)17-5-2-1-3-6-17)25-14-4-7-20(16-25)27-21-15-23-12-13-24-21/h1-3,5-6,8-13,15,20H,4,7,14,16H2. The van der Waals surface area contributed by atoms with Crippen LogP contribution in [0.4, 0.5) is 0 Å². The largest absolute Gasteiger partial charge is 0.471 e. The first-order chi connectivity index (χ1) is 13.3. The molecule has 5 heteroatoms. The van der Waals surface area contributed by atoms with Crippen LogP contribution >= 0.6 is 0 Å². The van der Waals surface area contributed by atoms with Crippen LogP contribution in [0.5, 0.6) is 5.88 Å². The second-order valence-corrected chi connectivity index (χ2v) is 6.62. The van der Waals surface area contributed by atoms with E-state index in [1.807, 2.05) is 47.4 Å². The van der Waals surface area contributed by atoms with Crippen molar-refractivity contribution in [3.8, 4) is 17.0 Å². The molecule has 1 aliphatic rings. The van der Waals surface area contributed by atoms with Gasteiger partial charge in [-0.2, -0.15) is 0 Å². The maximum absolute atomic E-state index is 12.9. The highest BCUT2D eigenvalue weighted by Crippen LogP contribution is 2.21. The second kappa shape index (κ2) is 7.99. The summed E-state index contributed by atoms with van der Waals surface area (Å²) < 4.78 is 5.88. The first-order valence-corrected chi connectivity index (χ1v) is 9.17. The average molecular weight is 359 g/mol. The van der Waals surface area contributed by atoms with Crippen LogP contribution in [0, 0.1) is 0 Å². The van der Waals surface area contributed by atoms with Crippen molar-refractivity contribution >= 4 is 5.91 Å². The molecule has 1 fully saturated rings. The van der Waals surface area contributed by atoms with E-state index in [-0.39, 0.29) is 12.0 Å². The fourth-order valence-corrected chi connectivity index (χ4v) is 3.35. The van der Waals surface area contributed by atoms with Gasteiger partial charge in [0.15, 0.2) is 0 Å². The van der Waals surface area contributed by atoms with Gasteiger partial charge >= 0.3 is 0 Å². The minimum atomic E-state index is -0.0528. The summed E-state index contributed by atoms with van der Waals surface area (Å²) in [6.45, 7) is 1.31. The summed E-state index contributed by atoms with van der Waals surface area (Å²) >= 11 is 0. The second-order valence-electron chi connectivity index (χ2n) is 6.62. The predicted octanol–water partition coefficient (Wildman–Crippen LogP) is 3.83. The third-order valence-corrected chi connectivity index (χ3v) is 4.73. The van der Waals surface area contributed by atoms with Gasteiger partial charge in [0.2, 0.25) is 5.88 Å². The van der Waals surface area contributed by atoms with Crippen molar-refractivity contribution in [1.82, 2.24) is 14.9 Å². The molecule has 0 N–H and O–H groups in total. The van der Waals surface area contributed by atoms with Gasteiger partial charge < -0.3 is 9.64 Å². The summed E-state index contributed by atoms with van der Waals surface area (Å²) in [6, 6.07) is 18.0. The zero-order chi connectivity index (χ0) is 18.5. The van der Waals surface area contributed by atoms with Gasteiger partial charge in [-0.3, -0.25) is 9.78 Å². The minimum Gasteiger partial charge on any atom is -0.471 e. The first kappa shape index (κ1) is 17.2. The molecule has 1 atom stereocenters. The Bertz CT molecular complexity index is 882. The molecule has 136 valence electrons. The molecule has 2 heterocycles. The lowest BCUT2D eigenvalue weighted by Crippen LogP contribution is -2.44. The third-order valence-electron chi connectivity index (χ3n) is 4.73. The Morgan fingerprint density at radius 3 is 2.52 bits per heavy atom. The van der Waals surface area contributed by atoms with Gasteiger partial charge in [0.1, 0.15) is 6.10 Å². The van der Waals surface area contributed by atoms with Crippen molar-refractivity contribution in [2.75, 3.05) is 13.1 Å². The van der Waals surface area contributed by atoms with Gasteiger partial charge in [0, 0.05) is 24.5 Å². The SMILES string of the molecule is O=C(c1ccc(-c2ccccc2)cc1)N1CCCC(Oc2cnccn2)C1. The molecule has 0 saturated carbocycles. The monoisotopic (exact) mass is 359 g/mol. The number of amides is 1. The molecule has 1 aromatic heterocycles. The summed E-state index contributed by atoms with van der Waals surface area (Å²) in [5.74, 6) is 0.547. The summed E-state index contributed by atoms with van der Waals surface area (Å²) in [5, 5.41) is 0. The number of likely N-dealkylation sites (tertiary alicyclic amines) is 1. The van der Waals surface area contributed by atoms with Crippen molar-refractivity contribution in [1.29, 1.82) is 0 Å². The van der Waals surface area contributed by atoms with Gasteiger partial charge in [-0.25, -0.2) is 4.98 Å². The van der Waals surface area contributed by atoms with Gasteiger partial charge in [-0.15, -0.1) is 0 Å². The number of ether oxygens (including phenoxy) is 1. The highest BCUT2D eigenvalue weighted by Gasteiger charge is 2.26. The molecule has 1 aliphatic heterocycles. The van der Waals surface area contributed by atoms with Crippen LogP contribution in [0.3, 0.4) is 0 Å². The zero-order valence-corrected chi connectivity index (χ0v) is 15.0. The van der Waals surface area contributed by atoms with Gasteiger partial charge in [-0.1, -0.05) is 42.5 Å². The van der Waals surface area contributed by atoms with E-state index >= 15 is 0 Å². The van der Waals surface area contributed by atoms with Gasteiger partial charge in [0.05, 0.1) is 12.7 Å². The molecule has 0 aliphatic carbocycles. The molecule has 0 radical (unpaired) electrons. The number of hydrogen-bond acceptors (Lipinski definition) is 4. The van der Waals surface area contributed by atoms with E-state index in [4.69, 9.17) is 4.74 Å². The average Bonchev–Trinajstić information content (AvgIpc) is 2.75. The van der Waals surface area contributed by atoms with Crippen LogP contribution in [0.1, 0.15) is 23.2 Å². The van der Waals surface area contributed by atoms with Gasteiger partial charge in [-0.05, 0) is 36.1 Å². The first-order valence-electron chi connectivity index (χ1n) is 9.17. The Morgan fingerprint density at radius 2 is 1.78 bits per heavy atom. The van der Waals surface area contributed by atoms with Crippen molar-refractivity contribution < 1.29 is 9.53 Å². The van der Waals surface area contributed by atoms with E-state index in [9.17, 15) is 4.79 Å². The minimum absolute atomic E-state index is 0.0436. The fourth-order valence-electron chi connectivity index (χ4n) is 3.35. The van der Waals surface area contributed by atoms with Crippen molar-refractivity contribution in [3.05, 3.63) is 78.8 Å². The highest BCUT2D eigenvalue weighted by molar-refractivity contribution is 5.94. The molecular formula is C22H21N3O2. The molecule has 0 bridgehead atoms. The number of aromatic nitrogens is 2. The van der Waals surface area contributed by atoms with E-state index < -0.39 is 0 Å². The highest BCUT2D eigenvalue weighted by atomic mass is 16.5. The number of benzene rings is 2. The number of rotatable bonds is 4. The molecule has 27 heavy (non-hydrogen) atoms. The maximum Gasteiger partial charge on any atom is 0.253 e. The van der Waals surface area contributed by atoms with E-state index in [0.717, 1.165) is 30.5 Å². The van der Waals surface area contributed by atoms with Crippen LogP contribution in [0.2, 0.25) is 0 Å². The Morgan fingerprint density at radius 1 is 1.00 bits per heavy atom. The number of piperidine rings is 1. The summed E-state index contributed by atoms with van der Waals surface area (Å²) in [4.78, 5) is 22.9. The molecule has 1 amide bonds. The summed E-state index contributed by atoms with van der Waals surface area (Å²) in [6.07, 6.45) is 6.59. The zero-order valence-electron chi connectivity index (χ0n) is 15.0. The molecule has 1 unspecified atom stereocenters. The van der Waals surface area contributed by atoms with Crippen molar-refractivity contribution in [2.24, 2.45) is 0 Å². The predicted molar refractivity (Wildman–Crippen MR) is 103 cm³/mol. The number of carbonyl (C=O) groups is 1. The van der Waals surface area contributed by atoms with Crippen LogP contribution in [0.25, 0.3) is 11.1 Å². The summed E-state index contributed by atoms with van der Waals surface area (Å²) in [5.41, 5.74) is 2.95. The van der Waals surface area contributed by atoms with Crippen LogP contribution in [0.15, 0.2) is 73.2 Å². The molecule has 2 aromatic carbocycles. The molecule has 1 saturated heterocycles. The molecule has 4 rings (SSSR count). The normalized spacial score (nSPS) is 16.7. The van der Waals surface area contributed by atoms with Crippen molar-refractivity contribution in [3.63, 3.8) is 0 Å². The summed E-state index contributed by atoms with van der Waals surface area (Å²) in [7, 11) is 0. The fraction of sp³-hybridized carbons (Fsp3) is 0.227. The van der Waals surface area contributed by atoms with Crippen LogP contribution in [-0.2, 0) is 0 Å². The Kier molecular flexibility index (Phi) is 5.10. The van der Waals surface area contributed by atoms with E-state index in [1.54, 1.807) is 18.6 Å². The van der Waals surface area contributed by atoms with E-state index in [0.29, 0.717) is 18.0 Å². The number of carbonyl (C=O) groups excluding carboxylic acids is 1. The number of hydrogen-bond donors (Lipinski definition) is 0. The lowest BCUT2D eigenvalue weighted by molar-refractivity contribution is 0.0527. The molecular weight excluding hydrogens is 338 g/mol. The Hall–Kier alpha value is -3.21. The smallest absolute Gasteiger partial charge is 0.253 e. The lowest BCUT2D eigenvalue weighted by atomic mass is 10.0. The van der Waals surface area contributed by atoms with Crippen LogP contribution < -0.4 is 4.74 Å². The Balaban J connectivity index is 1.42. The maximum atomic E-state index is 12.9. The lowest BCUT2D eigenvalue weighted by Gasteiger charge is -2.32. The molecule has 5 nitrogen and oxygen atoms in total. The van der Waals surface area contributed by atoms with E-state index in [1.165, 1.54) is 0 Å². The Labute approximate surface area is 158 Å². The topological polar surface area (TPSA) is 55.3 Å². The van der Waals surface area contributed by atoms with E-state index in [2.05, 4.69) is 22.1 Å². The van der Waals surface area contributed by atoms with Gasteiger partial charge in [0.25, 0.3) is 5.91 Å². The number of nitrogens with zero attached hydrogens (tertiary/aromatic N) is 3. The van der Waals surface area contributed by atoms with Crippen molar-refractivity contribution in [2.45, 2.75) is 18.9 Å². The molecule has 0 spiro atoms.